The average Bonchev–Trinajstić information content (AvgIpc) is 2.43. The largest absolute Gasteiger partial charge is 0.467 e. The first-order valence-electron chi connectivity index (χ1n) is 5.17. The Bertz CT molecular complexity index is 538. The molecule has 1 aromatic carbocycles. The average molecular weight is 265 g/mol. The van der Waals surface area contributed by atoms with Gasteiger partial charge in [-0.25, -0.2) is 4.79 Å². The third-order valence-electron chi connectivity index (χ3n) is 2.32. The number of carbonyl (C=O) groups is 1. The highest BCUT2D eigenvalue weighted by atomic mass is 16.6. The molecule has 0 spiro atoms. The molecule has 100 valence electrons. The predicted molar refractivity (Wildman–Crippen MR) is 64.3 cm³/mol. The second-order valence-corrected chi connectivity index (χ2v) is 3.50. The van der Waals surface area contributed by atoms with Crippen molar-refractivity contribution in [1.29, 1.82) is 5.26 Å². The van der Waals surface area contributed by atoms with Crippen LogP contribution >= 0.6 is 0 Å². The van der Waals surface area contributed by atoms with Crippen molar-refractivity contribution >= 4 is 17.3 Å². The zero-order chi connectivity index (χ0) is 14.4. The van der Waals surface area contributed by atoms with E-state index in [-0.39, 0.29) is 11.3 Å². The number of hydrogen-bond acceptors (Lipinski definition) is 7. The van der Waals surface area contributed by atoms with Crippen LogP contribution in [0.5, 0.6) is 0 Å². The van der Waals surface area contributed by atoms with Crippen LogP contribution in [0.25, 0.3) is 0 Å². The van der Waals surface area contributed by atoms with E-state index < -0.39 is 23.5 Å². The molecule has 19 heavy (non-hydrogen) atoms. The maximum absolute atomic E-state index is 11.3. The zero-order valence-corrected chi connectivity index (χ0v) is 9.99. The van der Waals surface area contributed by atoms with Crippen molar-refractivity contribution in [3.8, 4) is 6.07 Å². The van der Waals surface area contributed by atoms with Gasteiger partial charge in [0.2, 0.25) is 0 Å². The van der Waals surface area contributed by atoms with Crippen molar-refractivity contribution in [1.82, 2.24) is 0 Å². The van der Waals surface area contributed by atoms with E-state index in [1.807, 2.05) is 0 Å². The van der Waals surface area contributed by atoms with Gasteiger partial charge in [0, 0.05) is 11.8 Å². The predicted octanol–water partition coefficient (Wildman–Crippen LogP) is 0.412. The van der Waals surface area contributed by atoms with Crippen LogP contribution in [-0.4, -0.2) is 35.8 Å². The lowest BCUT2D eigenvalue weighted by Gasteiger charge is -2.15. The minimum atomic E-state index is -1.00. The van der Waals surface area contributed by atoms with Crippen LogP contribution < -0.4 is 5.32 Å². The van der Waals surface area contributed by atoms with Gasteiger partial charge in [-0.1, -0.05) is 0 Å². The summed E-state index contributed by atoms with van der Waals surface area (Å²) in [6, 6.07) is 4.40. The number of nitro groups is 1. The van der Waals surface area contributed by atoms with Gasteiger partial charge in [0.05, 0.1) is 18.6 Å². The molecule has 0 aliphatic heterocycles. The Morgan fingerprint density at radius 3 is 2.84 bits per heavy atom. The highest BCUT2D eigenvalue weighted by molar-refractivity contribution is 5.79. The molecule has 0 saturated heterocycles. The number of aliphatic hydroxyl groups excluding tert-OH is 1. The lowest BCUT2D eigenvalue weighted by atomic mass is 10.1. The summed E-state index contributed by atoms with van der Waals surface area (Å²) in [7, 11) is 1.17. The second-order valence-electron chi connectivity index (χ2n) is 3.50. The number of nitrogens with one attached hydrogen (secondary N) is 1. The lowest BCUT2D eigenvalue weighted by molar-refractivity contribution is -0.385. The number of rotatable bonds is 5. The molecule has 8 nitrogen and oxygen atoms in total. The number of ether oxygens (including phenoxy) is 1. The van der Waals surface area contributed by atoms with E-state index in [0.29, 0.717) is 5.69 Å². The summed E-state index contributed by atoms with van der Waals surface area (Å²) in [4.78, 5) is 21.2. The molecule has 1 unspecified atom stereocenters. The molecular formula is C11H11N3O5. The third-order valence-corrected chi connectivity index (χ3v) is 2.32. The molecule has 1 atom stereocenters. The minimum Gasteiger partial charge on any atom is -0.467 e. The van der Waals surface area contributed by atoms with Gasteiger partial charge in [-0.15, -0.1) is 0 Å². The molecule has 0 radical (unpaired) electrons. The number of nitriles is 1. The van der Waals surface area contributed by atoms with Crippen LogP contribution in [0.15, 0.2) is 18.2 Å². The molecule has 0 heterocycles. The van der Waals surface area contributed by atoms with E-state index in [9.17, 15) is 14.9 Å². The fraction of sp³-hybridized carbons (Fsp3) is 0.273. The molecule has 0 fully saturated rings. The summed E-state index contributed by atoms with van der Waals surface area (Å²) in [6.07, 6.45) is 0. The smallest absolute Gasteiger partial charge is 0.330 e. The van der Waals surface area contributed by atoms with Gasteiger partial charge in [-0.3, -0.25) is 10.1 Å². The number of esters is 1. The van der Waals surface area contributed by atoms with E-state index in [1.54, 1.807) is 6.07 Å². The van der Waals surface area contributed by atoms with E-state index in [2.05, 4.69) is 10.1 Å². The summed E-state index contributed by atoms with van der Waals surface area (Å²) < 4.78 is 4.46. The summed E-state index contributed by atoms with van der Waals surface area (Å²) in [5.74, 6) is -0.681. The Balaban J connectivity index is 3.00. The van der Waals surface area contributed by atoms with Crippen LogP contribution in [0.1, 0.15) is 5.56 Å². The van der Waals surface area contributed by atoms with E-state index in [1.165, 1.54) is 19.2 Å². The molecule has 1 rings (SSSR count). The van der Waals surface area contributed by atoms with Crippen LogP contribution in [-0.2, 0) is 9.53 Å². The lowest BCUT2D eigenvalue weighted by Crippen LogP contribution is -2.34. The van der Waals surface area contributed by atoms with Crippen LogP contribution in [0.3, 0.4) is 0 Å². The molecule has 2 N–H and O–H groups in total. The first-order chi connectivity index (χ1) is 9.03. The molecular weight excluding hydrogens is 254 g/mol. The van der Waals surface area contributed by atoms with E-state index in [0.717, 1.165) is 6.07 Å². The van der Waals surface area contributed by atoms with Crippen LogP contribution in [0, 0.1) is 21.4 Å². The maximum atomic E-state index is 11.3. The van der Waals surface area contributed by atoms with Crippen LogP contribution in [0.2, 0.25) is 0 Å². The standard InChI is InChI=1S/C11H11N3O5/c1-19-11(16)9(6-15)13-8-2-3-10(14(17)18)7(4-8)5-12/h2-4,9,13,15H,6H2,1H3. The molecule has 8 heteroatoms. The van der Waals surface area contributed by atoms with E-state index in [4.69, 9.17) is 10.4 Å². The first kappa shape index (κ1) is 14.4. The molecule has 0 aromatic heterocycles. The fourth-order valence-electron chi connectivity index (χ4n) is 1.40. The Morgan fingerprint density at radius 2 is 2.37 bits per heavy atom. The molecule has 0 bridgehead atoms. The zero-order valence-electron chi connectivity index (χ0n) is 9.99. The quantitative estimate of drug-likeness (QED) is 0.448. The topological polar surface area (TPSA) is 125 Å². The number of nitrogens with zero attached hydrogens (tertiary/aromatic N) is 2. The van der Waals surface area contributed by atoms with Crippen molar-refractivity contribution < 1.29 is 19.6 Å². The number of anilines is 1. The Hall–Kier alpha value is -2.66. The first-order valence-corrected chi connectivity index (χ1v) is 5.17. The van der Waals surface area contributed by atoms with Gasteiger partial charge in [-0.2, -0.15) is 5.26 Å². The number of aliphatic hydroxyl groups is 1. The third kappa shape index (κ3) is 3.40. The highest BCUT2D eigenvalue weighted by Crippen LogP contribution is 2.22. The van der Waals surface area contributed by atoms with Crippen molar-refractivity contribution in [2.24, 2.45) is 0 Å². The number of methoxy groups -OCH3 is 1. The van der Waals surface area contributed by atoms with Crippen molar-refractivity contribution in [2.45, 2.75) is 6.04 Å². The minimum absolute atomic E-state index is 0.142. The molecule has 0 amide bonds. The Morgan fingerprint density at radius 1 is 1.68 bits per heavy atom. The summed E-state index contributed by atoms with van der Waals surface area (Å²) in [5, 5.41) is 31.1. The second kappa shape index (κ2) is 6.32. The summed E-state index contributed by atoms with van der Waals surface area (Å²) >= 11 is 0. The van der Waals surface area contributed by atoms with Crippen molar-refractivity contribution in [3.05, 3.63) is 33.9 Å². The van der Waals surface area contributed by atoms with Gasteiger partial charge in [0.15, 0.2) is 0 Å². The highest BCUT2D eigenvalue weighted by Gasteiger charge is 2.19. The number of hydrogen-bond donors (Lipinski definition) is 2. The maximum Gasteiger partial charge on any atom is 0.330 e. The monoisotopic (exact) mass is 265 g/mol. The Labute approximate surface area is 108 Å². The van der Waals surface area contributed by atoms with E-state index >= 15 is 0 Å². The molecule has 0 aliphatic carbocycles. The van der Waals surface area contributed by atoms with Crippen molar-refractivity contribution in [2.75, 3.05) is 19.0 Å². The summed E-state index contributed by atoms with van der Waals surface area (Å²) in [5.41, 5.74) is -0.171. The molecule has 1 aromatic rings. The van der Waals surface area contributed by atoms with Gasteiger partial charge in [0.25, 0.3) is 5.69 Å². The Kier molecular flexibility index (Phi) is 4.79. The number of benzene rings is 1. The van der Waals surface area contributed by atoms with Gasteiger partial charge in [-0.05, 0) is 12.1 Å². The van der Waals surface area contributed by atoms with Gasteiger partial charge < -0.3 is 15.2 Å². The SMILES string of the molecule is COC(=O)C(CO)Nc1ccc([N+](=O)[O-])c(C#N)c1. The van der Waals surface area contributed by atoms with Gasteiger partial charge >= 0.3 is 5.97 Å². The summed E-state index contributed by atoms with van der Waals surface area (Å²) in [6.45, 7) is -0.508. The molecule has 0 aliphatic rings. The van der Waals surface area contributed by atoms with Crippen LogP contribution in [0.4, 0.5) is 11.4 Å². The molecule has 0 saturated carbocycles. The normalized spacial score (nSPS) is 11.2. The van der Waals surface area contributed by atoms with Gasteiger partial charge in [0.1, 0.15) is 17.7 Å². The number of carbonyl (C=O) groups excluding carboxylic acids is 1. The van der Waals surface area contributed by atoms with Crippen molar-refractivity contribution in [3.63, 3.8) is 0 Å². The fourth-order valence-corrected chi connectivity index (χ4v) is 1.40. The number of nitro benzene ring substituents is 1.